The number of nitrogens with one attached hydrogen (secondary N) is 1. The molecule has 8 heteroatoms. The van der Waals surface area contributed by atoms with Crippen molar-refractivity contribution < 1.29 is 14.3 Å². The smallest absolute Gasteiger partial charge is 0.337 e. The summed E-state index contributed by atoms with van der Waals surface area (Å²) in [4.78, 5) is 23.3. The van der Waals surface area contributed by atoms with Gasteiger partial charge in [0.05, 0.1) is 41.5 Å². The molecule has 0 aliphatic rings. The molecule has 0 bridgehead atoms. The Labute approximate surface area is 136 Å². The number of esters is 1. The summed E-state index contributed by atoms with van der Waals surface area (Å²) in [5.74, 6) is 0.391. The quantitative estimate of drug-likeness (QED) is 0.816. The van der Waals surface area contributed by atoms with Gasteiger partial charge in [-0.2, -0.15) is 8.75 Å². The lowest BCUT2D eigenvalue weighted by atomic mass is 10.2. The van der Waals surface area contributed by atoms with Crippen molar-refractivity contribution in [2.45, 2.75) is 12.7 Å². The van der Waals surface area contributed by atoms with Crippen LogP contribution >= 0.6 is 23.5 Å². The zero-order valence-corrected chi connectivity index (χ0v) is 13.8. The van der Waals surface area contributed by atoms with Gasteiger partial charge in [-0.15, -0.1) is 11.8 Å². The molecule has 1 heterocycles. The van der Waals surface area contributed by atoms with Gasteiger partial charge in [0.15, 0.2) is 0 Å². The minimum atomic E-state index is -0.433. The Balaban J connectivity index is 1.84. The normalized spacial score (nSPS) is 10.3. The van der Waals surface area contributed by atoms with Gasteiger partial charge in [0.2, 0.25) is 5.91 Å². The highest BCUT2D eigenvalue weighted by molar-refractivity contribution is 7.99. The maximum absolute atomic E-state index is 11.9. The molecular weight excluding hydrogens is 322 g/mol. The van der Waals surface area contributed by atoms with Crippen LogP contribution in [0.25, 0.3) is 0 Å². The molecule has 2 rings (SSSR count). The van der Waals surface area contributed by atoms with Crippen LogP contribution in [0.3, 0.4) is 0 Å². The van der Waals surface area contributed by atoms with Crippen LogP contribution in [0, 0.1) is 6.92 Å². The van der Waals surface area contributed by atoms with Crippen LogP contribution < -0.4 is 5.32 Å². The fourth-order valence-corrected chi connectivity index (χ4v) is 3.13. The average Bonchev–Trinajstić information content (AvgIpc) is 2.92. The molecule has 6 nitrogen and oxygen atoms in total. The topological polar surface area (TPSA) is 81.2 Å². The molecule has 1 aromatic heterocycles. The number of rotatable bonds is 6. The first-order valence-corrected chi connectivity index (χ1v) is 8.32. The maximum Gasteiger partial charge on any atom is 0.337 e. The second-order valence-corrected chi connectivity index (χ2v) is 5.92. The van der Waals surface area contributed by atoms with Crippen molar-refractivity contribution in [3.63, 3.8) is 0 Å². The van der Waals surface area contributed by atoms with Crippen LogP contribution in [-0.2, 0) is 15.3 Å². The Bertz CT molecular complexity index is 673. The van der Waals surface area contributed by atoms with Crippen LogP contribution in [0.15, 0.2) is 24.3 Å². The molecule has 2 aromatic rings. The molecule has 0 aliphatic carbocycles. The molecule has 22 heavy (non-hydrogen) atoms. The number of aryl methyl sites for hydroxylation is 1. The monoisotopic (exact) mass is 337 g/mol. The van der Waals surface area contributed by atoms with Gasteiger partial charge in [-0.1, -0.05) is 6.07 Å². The zero-order chi connectivity index (χ0) is 15.9. The molecule has 0 fully saturated rings. The van der Waals surface area contributed by atoms with Crippen LogP contribution in [0.4, 0.5) is 5.69 Å². The van der Waals surface area contributed by atoms with Gasteiger partial charge in [0.25, 0.3) is 0 Å². The van der Waals surface area contributed by atoms with E-state index in [1.807, 2.05) is 6.92 Å². The molecule has 0 unspecified atom stereocenters. The van der Waals surface area contributed by atoms with E-state index in [4.69, 9.17) is 0 Å². The van der Waals surface area contributed by atoms with E-state index >= 15 is 0 Å². The summed E-state index contributed by atoms with van der Waals surface area (Å²) in [6, 6.07) is 6.64. The van der Waals surface area contributed by atoms with Crippen molar-refractivity contribution in [2.24, 2.45) is 0 Å². The first-order valence-electron chi connectivity index (χ1n) is 6.44. The van der Waals surface area contributed by atoms with E-state index in [9.17, 15) is 9.59 Å². The van der Waals surface area contributed by atoms with Gasteiger partial charge in [0, 0.05) is 11.4 Å². The average molecular weight is 337 g/mol. The molecule has 0 saturated heterocycles. The van der Waals surface area contributed by atoms with E-state index in [1.165, 1.54) is 30.6 Å². The highest BCUT2D eigenvalue weighted by Crippen LogP contribution is 2.15. The number of anilines is 1. The fourth-order valence-electron chi connectivity index (χ4n) is 1.66. The van der Waals surface area contributed by atoms with E-state index in [-0.39, 0.29) is 5.91 Å². The summed E-state index contributed by atoms with van der Waals surface area (Å²) in [6.07, 6.45) is 0. The van der Waals surface area contributed by atoms with Gasteiger partial charge in [-0.3, -0.25) is 4.79 Å². The maximum atomic E-state index is 11.9. The van der Waals surface area contributed by atoms with Gasteiger partial charge < -0.3 is 10.1 Å². The second-order valence-electron chi connectivity index (χ2n) is 4.41. The number of methoxy groups -OCH3 is 1. The fraction of sp³-hybridized carbons (Fsp3) is 0.286. The van der Waals surface area contributed by atoms with E-state index in [1.54, 1.807) is 24.3 Å². The lowest BCUT2D eigenvalue weighted by Crippen LogP contribution is -2.14. The molecule has 1 aromatic carbocycles. The molecule has 0 aliphatic heterocycles. The summed E-state index contributed by atoms with van der Waals surface area (Å²) in [6.45, 7) is 1.90. The lowest BCUT2D eigenvalue weighted by Gasteiger charge is -2.06. The highest BCUT2D eigenvalue weighted by Gasteiger charge is 2.09. The number of carbonyl (C=O) groups excluding carboxylic acids is 2. The lowest BCUT2D eigenvalue weighted by molar-refractivity contribution is -0.113. The van der Waals surface area contributed by atoms with Crippen LogP contribution in [0.1, 0.15) is 21.7 Å². The summed E-state index contributed by atoms with van der Waals surface area (Å²) < 4.78 is 12.9. The molecule has 0 atom stereocenters. The predicted octanol–water partition coefficient (Wildman–Crippen LogP) is 2.51. The molecule has 116 valence electrons. The van der Waals surface area contributed by atoms with E-state index in [0.717, 1.165) is 11.4 Å². The standard InChI is InChI=1S/C14H15N3O3S2/c1-9-12(17-22-16-9)7-21-8-13(18)15-11-5-3-4-10(6-11)14(19)20-2/h3-6H,7-8H2,1-2H3,(H,15,18). The Morgan fingerprint density at radius 1 is 1.36 bits per heavy atom. The van der Waals surface area contributed by atoms with E-state index in [0.29, 0.717) is 22.8 Å². The Morgan fingerprint density at radius 3 is 2.86 bits per heavy atom. The van der Waals surface area contributed by atoms with Crippen LogP contribution in [-0.4, -0.2) is 33.5 Å². The number of aromatic nitrogens is 2. The van der Waals surface area contributed by atoms with Crippen molar-refractivity contribution in [3.05, 3.63) is 41.2 Å². The minimum absolute atomic E-state index is 0.132. The van der Waals surface area contributed by atoms with E-state index in [2.05, 4.69) is 18.8 Å². The summed E-state index contributed by atoms with van der Waals surface area (Å²) in [7, 11) is 1.32. The molecule has 1 amide bonds. The predicted molar refractivity (Wildman–Crippen MR) is 87.2 cm³/mol. The third-order valence-electron chi connectivity index (χ3n) is 2.79. The number of ether oxygens (including phenoxy) is 1. The van der Waals surface area contributed by atoms with Gasteiger partial charge in [-0.05, 0) is 25.1 Å². The van der Waals surface area contributed by atoms with Crippen molar-refractivity contribution in [3.8, 4) is 0 Å². The van der Waals surface area contributed by atoms with Gasteiger partial charge >= 0.3 is 5.97 Å². The number of thioether (sulfide) groups is 1. The molecule has 0 spiro atoms. The highest BCUT2D eigenvalue weighted by atomic mass is 32.2. The Kier molecular flexibility index (Phi) is 5.91. The summed E-state index contributed by atoms with van der Waals surface area (Å²) in [5, 5.41) is 2.76. The molecular formula is C14H15N3O3S2. The van der Waals surface area contributed by atoms with Crippen LogP contribution in [0.2, 0.25) is 0 Å². The third kappa shape index (κ3) is 4.54. The number of nitrogens with zero attached hydrogens (tertiary/aromatic N) is 2. The van der Waals surface area contributed by atoms with Crippen molar-refractivity contribution in [2.75, 3.05) is 18.2 Å². The zero-order valence-electron chi connectivity index (χ0n) is 12.2. The van der Waals surface area contributed by atoms with Crippen molar-refractivity contribution in [1.29, 1.82) is 0 Å². The summed E-state index contributed by atoms with van der Waals surface area (Å²) in [5.41, 5.74) is 2.79. The Morgan fingerprint density at radius 2 is 2.18 bits per heavy atom. The number of benzene rings is 1. The number of amides is 1. The summed E-state index contributed by atoms with van der Waals surface area (Å²) >= 11 is 2.64. The number of hydrogen-bond donors (Lipinski definition) is 1. The third-order valence-corrected chi connectivity index (χ3v) is 4.39. The minimum Gasteiger partial charge on any atom is -0.465 e. The van der Waals surface area contributed by atoms with Crippen LogP contribution in [0.5, 0.6) is 0 Å². The van der Waals surface area contributed by atoms with Crippen molar-refractivity contribution >= 4 is 41.1 Å². The largest absolute Gasteiger partial charge is 0.465 e. The number of hydrogen-bond acceptors (Lipinski definition) is 7. The second kappa shape index (κ2) is 7.90. The molecule has 0 saturated carbocycles. The molecule has 1 N–H and O–H groups in total. The first kappa shape index (κ1) is 16.4. The SMILES string of the molecule is COC(=O)c1cccc(NC(=O)CSCc2nsnc2C)c1. The first-order chi connectivity index (χ1) is 10.6. The number of carbonyl (C=O) groups is 2. The van der Waals surface area contributed by atoms with Crippen molar-refractivity contribution in [1.82, 2.24) is 8.75 Å². The Hall–Kier alpha value is -1.93. The van der Waals surface area contributed by atoms with Gasteiger partial charge in [0.1, 0.15) is 0 Å². The van der Waals surface area contributed by atoms with Gasteiger partial charge in [-0.25, -0.2) is 4.79 Å². The molecule has 0 radical (unpaired) electrons. The van der Waals surface area contributed by atoms with E-state index < -0.39 is 5.97 Å².